The van der Waals surface area contributed by atoms with Gasteiger partial charge < -0.3 is 15.5 Å². The standard InChI is InChI=1S/C23H27F2N5O2/c1-12(13-2-4-14(5-3-13)21(24)25)29-17-8-20(23(29)32)28(10-17)11-18(27)22(31)30-16(9-26)6-15-7-19(15)30/h2-5,12,15-21H,6-8,10-11,27H2,1H3/t12?,15-,16?,17-,18?,19+,20+/m1/s1. The summed E-state index contributed by atoms with van der Waals surface area (Å²) in [5.74, 6) is 0.232. The molecule has 1 aliphatic carbocycles. The number of nitriles is 1. The van der Waals surface area contributed by atoms with Crippen LogP contribution in [0, 0.1) is 17.2 Å². The molecular formula is C23H27F2N5O2. The second-order valence-electron chi connectivity index (χ2n) is 9.54. The lowest BCUT2D eigenvalue weighted by atomic mass is 10.0. The van der Waals surface area contributed by atoms with Crippen LogP contribution in [0.2, 0.25) is 0 Å². The molecule has 0 spiro atoms. The molecule has 170 valence electrons. The molecule has 3 saturated heterocycles. The van der Waals surface area contributed by atoms with E-state index in [0.717, 1.165) is 18.4 Å². The molecule has 2 N–H and O–H groups in total. The van der Waals surface area contributed by atoms with E-state index in [0.29, 0.717) is 25.4 Å². The molecule has 7 atom stereocenters. The fraction of sp³-hybridized carbons (Fsp3) is 0.609. The lowest BCUT2D eigenvalue weighted by Crippen LogP contribution is -2.57. The number of likely N-dealkylation sites (tertiary alicyclic amines) is 3. The topological polar surface area (TPSA) is 93.7 Å². The van der Waals surface area contributed by atoms with E-state index in [1.807, 2.05) is 16.7 Å². The van der Waals surface area contributed by atoms with E-state index in [-0.39, 0.29) is 47.6 Å². The Bertz CT molecular complexity index is 964. The molecule has 1 saturated carbocycles. The Kier molecular flexibility index (Phi) is 5.18. The van der Waals surface area contributed by atoms with E-state index in [9.17, 15) is 23.6 Å². The van der Waals surface area contributed by atoms with Gasteiger partial charge in [0.1, 0.15) is 6.04 Å². The van der Waals surface area contributed by atoms with Gasteiger partial charge in [-0.05, 0) is 37.7 Å². The average Bonchev–Trinajstić information content (AvgIpc) is 3.11. The number of nitrogens with two attached hydrogens (primary N) is 1. The molecule has 4 aliphatic rings. The van der Waals surface area contributed by atoms with Gasteiger partial charge in [0.15, 0.2) is 0 Å². The van der Waals surface area contributed by atoms with E-state index < -0.39 is 12.5 Å². The lowest BCUT2D eigenvalue weighted by Gasteiger charge is -2.38. The van der Waals surface area contributed by atoms with Gasteiger partial charge in [-0.1, -0.05) is 24.3 Å². The normalized spacial score (nSPS) is 32.9. The molecule has 3 aliphatic heterocycles. The first-order chi connectivity index (χ1) is 15.3. The highest BCUT2D eigenvalue weighted by molar-refractivity contribution is 5.87. The zero-order valence-corrected chi connectivity index (χ0v) is 17.9. The highest BCUT2D eigenvalue weighted by Gasteiger charge is 2.56. The Morgan fingerprint density at radius 1 is 1.22 bits per heavy atom. The largest absolute Gasteiger partial charge is 0.330 e. The molecule has 3 unspecified atom stereocenters. The molecule has 9 heteroatoms. The van der Waals surface area contributed by atoms with Crippen LogP contribution in [0.15, 0.2) is 24.3 Å². The number of piperidine rings is 1. The first-order valence-corrected chi connectivity index (χ1v) is 11.2. The average molecular weight is 443 g/mol. The van der Waals surface area contributed by atoms with Crippen LogP contribution in [-0.2, 0) is 9.59 Å². The summed E-state index contributed by atoms with van der Waals surface area (Å²) in [6, 6.07) is 6.82. The minimum Gasteiger partial charge on any atom is -0.330 e. The number of rotatable bonds is 6. The van der Waals surface area contributed by atoms with Crippen molar-refractivity contribution in [3.8, 4) is 6.07 Å². The Labute approximate surface area is 185 Å². The first kappa shape index (κ1) is 21.3. The fourth-order valence-corrected chi connectivity index (χ4v) is 5.89. The summed E-state index contributed by atoms with van der Waals surface area (Å²) in [7, 11) is 0. The predicted molar refractivity (Wildman–Crippen MR) is 111 cm³/mol. The van der Waals surface area contributed by atoms with Crippen LogP contribution < -0.4 is 5.73 Å². The zero-order valence-electron chi connectivity index (χ0n) is 17.9. The highest BCUT2D eigenvalue weighted by atomic mass is 19.3. The molecule has 2 bridgehead atoms. The number of nitrogens with zero attached hydrogens (tertiary/aromatic N) is 4. The van der Waals surface area contributed by atoms with E-state index in [1.54, 1.807) is 17.0 Å². The smallest absolute Gasteiger partial charge is 0.263 e. The number of alkyl halides is 2. The van der Waals surface area contributed by atoms with Gasteiger partial charge in [0.05, 0.1) is 24.2 Å². The van der Waals surface area contributed by atoms with Gasteiger partial charge in [0.2, 0.25) is 11.8 Å². The molecule has 0 aromatic heterocycles. The number of hydrogen-bond donors (Lipinski definition) is 1. The van der Waals surface area contributed by atoms with Gasteiger partial charge in [0, 0.05) is 30.7 Å². The van der Waals surface area contributed by atoms with Crippen molar-refractivity contribution in [3.63, 3.8) is 0 Å². The van der Waals surface area contributed by atoms with E-state index >= 15 is 0 Å². The van der Waals surface area contributed by atoms with Gasteiger partial charge in [-0.25, -0.2) is 8.78 Å². The summed E-state index contributed by atoms with van der Waals surface area (Å²) in [5, 5.41) is 9.35. The van der Waals surface area contributed by atoms with Gasteiger partial charge in [0.25, 0.3) is 6.43 Å². The molecule has 4 fully saturated rings. The molecule has 1 aromatic rings. The van der Waals surface area contributed by atoms with Crippen molar-refractivity contribution in [3.05, 3.63) is 35.4 Å². The highest BCUT2D eigenvalue weighted by Crippen LogP contribution is 2.48. The summed E-state index contributed by atoms with van der Waals surface area (Å²) >= 11 is 0. The molecule has 5 rings (SSSR count). The fourth-order valence-electron chi connectivity index (χ4n) is 5.89. The maximum absolute atomic E-state index is 13.1. The lowest BCUT2D eigenvalue weighted by molar-refractivity contribution is -0.141. The third-order valence-corrected chi connectivity index (χ3v) is 7.66. The van der Waals surface area contributed by atoms with Crippen LogP contribution in [-0.4, -0.2) is 69.8 Å². The second kappa shape index (κ2) is 7.78. The van der Waals surface area contributed by atoms with Crippen molar-refractivity contribution >= 4 is 11.8 Å². The van der Waals surface area contributed by atoms with E-state index in [2.05, 4.69) is 6.07 Å². The Morgan fingerprint density at radius 3 is 2.53 bits per heavy atom. The second-order valence-corrected chi connectivity index (χ2v) is 9.54. The van der Waals surface area contributed by atoms with Crippen LogP contribution in [0.1, 0.15) is 49.8 Å². The Balaban J connectivity index is 1.22. The van der Waals surface area contributed by atoms with Crippen LogP contribution in [0.5, 0.6) is 0 Å². The maximum Gasteiger partial charge on any atom is 0.263 e. The Morgan fingerprint density at radius 2 is 1.91 bits per heavy atom. The van der Waals surface area contributed by atoms with Crippen LogP contribution in [0.4, 0.5) is 8.78 Å². The van der Waals surface area contributed by atoms with Gasteiger partial charge in [-0.15, -0.1) is 0 Å². The van der Waals surface area contributed by atoms with Crippen molar-refractivity contribution in [2.45, 2.75) is 68.9 Å². The number of carbonyl (C=O) groups excluding carboxylic acids is 2. The van der Waals surface area contributed by atoms with Crippen molar-refractivity contribution in [1.29, 1.82) is 5.26 Å². The monoisotopic (exact) mass is 443 g/mol. The molecule has 0 radical (unpaired) electrons. The van der Waals surface area contributed by atoms with Gasteiger partial charge >= 0.3 is 0 Å². The van der Waals surface area contributed by atoms with Gasteiger partial charge in [-0.2, -0.15) is 5.26 Å². The predicted octanol–water partition coefficient (Wildman–Crippen LogP) is 1.81. The minimum absolute atomic E-state index is 0.00559. The SMILES string of the molecule is CC(c1ccc(C(F)F)cc1)N1C(=O)[C@@H]2C[C@@H]1CN2CC(N)C(=O)N1C(C#N)C[C@@H]2C[C@@H]21. The summed E-state index contributed by atoms with van der Waals surface area (Å²) in [4.78, 5) is 31.5. The number of hydrogen-bond acceptors (Lipinski definition) is 5. The van der Waals surface area contributed by atoms with Gasteiger partial charge in [-0.3, -0.25) is 14.5 Å². The first-order valence-electron chi connectivity index (χ1n) is 11.2. The molecular weight excluding hydrogens is 416 g/mol. The summed E-state index contributed by atoms with van der Waals surface area (Å²) < 4.78 is 25.7. The van der Waals surface area contributed by atoms with Crippen molar-refractivity contribution in [2.75, 3.05) is 13.1 Å². The zero-order chi connectivity index (χ0) is 22.7. The van der Waals surface area contributed by atoms with Crippen molar-refractivity contribution in [2.24, 2.45) is 11.7 Å². The molecule has 1 aromatic carbocycles. The third kappa shape index (κ3) is 3.37. The van der Waals surface area contributed by atoms with Crippen LogP contribution in [0.25, 0.3) is 0 Å². The van der Waals surface area contributed by atoms with Crippen molar-refractivity contribution in [1.82, 2.24) is 14.7 Å². The van der Waals surface area contributed by atoms with E-state index in [4.69, 9.17) is 5.73 Å². The van der Waals surface area contributed by atoms with E-state index in [1.165, 1.54) is 12.1 Å². The maximum atomic E-state index is 13.1. The number of carbonyl (C=O) groups is 2. The summed E-state index contributed by atoms with van der Waals surface area (Å²) in [5.41, 5.74) is 7.04. The number of piperazine rings is 1. The van der Waals surface area contributed by atoms with Crippen LogP contribution in [0.3, 0.4) is 0 Å². The Hall–Kier alpha value is -2.57. The molecule has 3 heterocycles. The quantitative estimate of drug-likeness (QED) is 0.724. The number of benzene rings is 1. The summed E-state index contributed by atoms with van der Waals surface area (Å²) in [6.07, 6.45) is -0.153. The minimum atomic E-state index is -2.51. The number of fused-ring (bicyclic) bond motifs is 3. The van der Waals surface area contributed by atoms with Crippen molar-refractivity contribution < 1.29 is 18.4 Å². The summed E-state index contributed by atoms with van der Waals surface area (Å²) in [6.45, 7) is 2.84. The molecule has 7 nitrogen and oxygen atoms in total. The third-order valence-electron chi connectivity index (χ3n) is 7.66. The number of halogens is 2. The molecule has 32 heavy (non-hydrogen) atoms. The number of amides is 2. The molecule has 2 amide bonds. The van der Waals surface area contributed by atoms with Crippen LogP contribution >= 0.6 is 0 Å².